The standard InChI is InChI=1S/C18H18ClNO5/c1-12(18(22)20-15-5-3-4-6-16(15)23-2)25-17(21)11-24-14-9-7-13(19)8-10-14/h3-10,12H,11H2,1-2H3,(H,20,22)/t12-/m1/s1. The fourth-order valence-corrected chi connectivity index (χ4v) is 2.07. The number of benzene rings is 2. The van der Waals surface area contributed by atoms with E-state index in [2.05, 4.69) is 5.32 Å². The Labute approximate surface area is 150 Å². The van der Waals surface area contributed by atoms with Gasteiger partial charge in [-0.2, -0.15) is 0 Å². The first-order valence-electron chi connectivity index (χ1n) is 7.51. The van der Waals surface area contributed by atoms with Crippen molar-refractivity contribution in [2.45, 2.75) is 13.0 Å². The van der Waals surface area contributed by atoms with Gasteiger partial charge in [-0.25, -0.2) is 4.79 Å². The van der Waals surface area contributed by atoms with Crippen LogP contribution in [-0.4, -0.2) is 31.7 Å². The van der Waals surface area contributed by atoms with E-state index >= 15 is 0 Å². The number of hydrogen-bond donors (Lipinski definition) is 1. The molecule has 0 heterocycles. The van der Waals surface area contributed by atoms with Gasteiger partial charge in [-0.1, -0.05) is 23.7 Å². The molecule has 0 unspecified atom stereocenters. The second-order valence-corrected chi connectivity index (χ2v) is 5.50. The Bertz CT molecular complexity index is 733. The van der Waals surface area contributed by atoms with E-state index in [1.54, 1.807) is 48.5 Å². The van der Waals surface area contributed by atoms with Gasteiger partial charge in [-0.15, -0.1) is 0 Å². The van der Waals surface area contributed by atoms with Crippen LogP contribution in [0.3, 0.4) is 0 Å². The maximum absolute atomic E-state index is 12.1. The fraction of sp³-hybridized carbons (Fsp3) is 0.222. The summed E-state index contributed by atoms with van der Waals surface area (Å²) in [6.07, 6.45) is -0.980. The summed E-state index contributed by atoms with van der Waals surface area (Å²) in [7, 11) is 1.50. The minimum absolute atomic E-state index is 0.312. The zero-order valence-corrected chi connectivity index (χ0v) is 14.6. The first kappa shape index (κ1) is 18.6. The van der Waals surface area contributed by atoms with Crippen molar-refractivity contribution in [1.82, 2.24) is 0 Å². The SMILES string of the molecule is COc1ccccc1NC(=O)[C@@H](C)OC(=O)COc1ccc(Cl)cc1. The molecule has 0 spiro atoms. The van der Waals surface area contributed by atoms with E-state index in [1.807, 2.05) is 0 Å². The number of amides is 1. The highest BCUT2D eigenvalue weighted by molar-refractivity contribution is 6.30. The Morgan fingerprint density at radius 3 is 2.48 bits per heavy atom. The fourth-order valence-electron chi connectivity index (χ4n) is 1.94. The van der Waals surface area contributed by atoms with Crippen molar-refractivity contribution in [3.05, 3.63) is 53.6 Å². The number of hydrogen-bond acceptors (Lipinski definition) is 5. The van der Waals surface area contributed by atoms with Crippen LogP contribution in [-0.2, 0) is 14.3 Å². The van der Waals surface area contributed by atoms with Gasteiger partial charge < -0.3 is 19.5 Å². The monoisotopic (exact) mass is 363 g/mol. The molecule has 2 aromatic rings. The summed E-state index contributed by atoms with van der Waals surface area (Å²) in [6.45, 7) is 1.17. The summed E-state index contributed by atoms with van der Waals surface area (Å²) in [5.41, 5.74) is 0.496. The van der Waals surface area contributed by atoms with Crippen LogP contribution in [0.15, 0.2) is 48.5 Å². The van der Waals surface area contributed by atoms with Crippen LogP contribution < -0.4 is 14.8 Å². The van der Waals surface area contributed by atoms with Gasteiger partial charge in [-0.05, 0) is 43.3 Å². The van der Waals surface area contributed by atoms with Gasteiger partial charge in [0.25, 0.3) is 5.91 Å². The van der Waals surface area contributed by atoms with Crippen molar-refractivity contribution < 1.29 is 23.8 Å². The third kappa shape index (κ3) is 5.69. The number of methoxy groups -OCH3 is 1. The predicted octanol–water partition coefficient (Wildman–Crippen LogP) is 3.30. The summed E-state index contributed by atoms with van der Waals surface area (Å²) >= 11 is 5.77. The smallest absolute Gasteiger partial charge is 0.344 e. The highest BCUT2D eigenvalue weighted by Crippen LogP contribution is 2.23. The lowest BCUT2D eigenvalue weighted by atomic mass is 10.2. The summed E-state index contributed by atoms with van der Waals surface area (Å²) < 4.78 is 15.5. The molecule has 0 aliphatic heterocycles. The van der Waals surface area contributed by atoms with Crippen LogP contribution >= 0.6 is 11.6 Å². The zero-order valence-electron chi connectivity index (χ0n) is 13.8. The molecule has 6 nitrogen and oxygen atoms in total. The topological polar surface area (TPSA) is 73.9 Å². The van der Waals surface area contributed by atoms with E-state index in [0.29, 0.717) is 22.2 Å². The molecule has 0 bridgehead atoms. The lowest BCUT2D eigenvalue weighted by molar-refractivity contribution is -0.155. The molecule has 0 aliphatic carbocycles. The Hall–Kier alpha value is -2.73. The molecule has 1 N–H and O–H groups in total. The van der Waals surface area contributed by atoms with E-state index in [-0.39, 0.29) is 6.61 Å². The van der Waals surface area contributed by atoms with Crippen LogP contribution in [0.25, 0.3) is 0 Å². The van der Waals surface area contributed by atoms with Gasteiger partial charge in [-0.3, -0.25) is 4.79 Å². The average Bonchev–Trinajstić information content (AvgIpc) is 2.61. The third-order valence-corrected chi connectivity index (χ3v) is 3.46. The molecular formula is C18H18ClNO5. The van der Waals surface area contributed by atoms with E-state index in [0.717, 1.165) is 0 Å². The van der Waals surface area contributed by atoms with Gasteiger partial charge in [0, 0.05) is 5.02 Å². The second kappa shape index (κ2) is 8.94. The number of carbonyl (C=O) groups excluding carboxylic acids is 2. The molecule has 0 saturated heterocycles. The van der Waals surface area contributed by atoms with Gasteiger partial charge in [0.2, 0.25) is 0 Å². The summed E-state index contributed by atoms with van der Waals surface area (Å²) in [5.74, 6) is -0.130. The Balaban J connectivity index is 1.83. The molecule has 132 valence electrons. The van der Waals surface area contributed by atoms with Crippen molar-refractivity contribution in [3.63, 3.8) is 0 Å². The molecule has 0 radical (unpaired) electrons. The number of carbonyl (C=O) groups is 2. The third-order valence-electron chi connectivity index (χ3n) is 3.21. The van der Waals surface area contributed by atoms with E-state index < -0.39 is 18.0 Å². The predicted molar refractivity (Wildman–Crippen MR) is 94.1 cm³/mol. The van der Waals surface area contributed by atoms with Crippen LogP contribution in [0.2, 0.25) is 5.02 Å². The summed E-state index contributed by atoms with van der Waals surface area (Å²) in [4.78, 5) is 23.9. The highest BCUT2D eigenvalue weighted by Gasteiger charge is 2.19. The van der Waals surface area contributed by atoms with Crippen LogP contribution in [0.1, 0.15) is 6.92 Å². The van der Waals surface area contributed by atoms with Gasteiger partial charge in [0.15, 0.2) is 12.7 Å². The lowest BCUT2D eigenvalue weighted by Gasteiger charge is -2.15. The molecule has 0 aromatic heterocycles. The first-order chi connectivity index (χ1) is 12.0. The molecule has 1 atom stereocenters. The number of halogens is 1. The lowest BCUT2D eigenvalue weighted by Crippen LogP contribution is -2.31. The minimum atomic E-state index is -0.980. The van der Waals surface area contributed by atoms with Crippen molar-refractivity contribution >= 4 is 29.2 Å². The molecule has 2 aromatic carbocycles. The van der Waals surface area contributed by atoms with Crippen molar-refractivity contribution in [2.24, 2.45) is 0 Å². The minimum Gasteiger partial charge on any atom is -0.495 e. The molecule has 1 amide bonds. The summed E-state index contributed by atoms with van der Waals surface area (Å²) in [6, 6.07) is 13.5. The molecule has 0 saturated carbocycles. The number of para-hydroxylation sites is 2. The van der Waals surface area contributed by atoms with Gasteiger partial charge in [0.05, 0.1) is 12.8 Å². The van der Waals surface area contributed by atoms with E-state index in [1.165, 1.54) is 14.0 Å². The van der Waals surface area contributed by atoms with E-state index in [9.17, 15) is 9.59 Å². The number of ether oxygens (including phenoxy) is 3. The van der Waals surface area contributed by atoms with Gasteiger partial charge >= 0.3 is 5.97 Å². The van der Waals surface area contributed by atoms with Crippen LogP contribution in [0.4, 0.5) is 5.69 Å². The largest absolute Gasteiger partial charge is 0.495 e. The maximum atomic E-state index is 12.1. The molecule has 0 fully saturated rings. The number of anilines is 1. The Kier molecular flexibility index (Phi) is 6.65. The highest BCUT2D eigenvalue weighted by atomic mass is 35.5. The molecule has 2 rings (SSSR count). The molecule has 0 aliphatic rings. The second-order valence-electron chi connectivity index (χ2n) is 5.06. The van der Waals surface area contributed by atoms with E-state index in [4.69, 9.17) is 25.8 Å². The molecular weight excluding hydrogens is 346 g/mol. The number of esters is 1. The molecule has 25 heavy (non-hydrogen) atoms. The Morgan fingerprint density at radius 1 is 1.12 bits per heavy atom. The first-order valence-corrected chi connectivity index (χ1v) is 7.89. The van der Waals surface area contributed by atoms with Crippen LogP contribution in [0.5, 0.6) is 11.5 Å². The van der Waals surface area contributed by atoms with Crippen molar-refractivity contribution in [3.8, 4) is 11.5 Å². The van der Waals surface area contributed by atoms with Gasteiger partial charge in [0.1, 0.15) is 11.5 Å². The maximum Gasteiger partial charge on any atom is 0.344 e. The number of nitrogens with one attached hydrogen (secondary N) is 1. The number of rotatable bonds is 7. The Morgan fingerprint density at radius 2 is 1.80 bits per heavy atom. The molecule has 7 heteroatoms. The summed E-state index contributed by atoms with van der Waals surface area (Å²) in [5, 5.41) is 3.22. The normalized spacial score (nSPS) is 11.3. The average molecular weight is 364 g/mol. The van der Waals surface area contributed by atoms with Crippen molar-refractivity contribution in [2.75, 3.05) is 19.0 Å². The van der Waals surface area contributed by atoms with Crippen LogP contribution in [0, 0.1) is 0 Å². The quantitative estimate of drug-likeness (QED) is 0.764. The zero-order chi connectivity index (χ0) is 18.2. The van der Waals surface area contributed by atoms with Crippen molar-refractivity contribution in [1.29, 1.82) is 0 Å².